The SMILES string of the molecule is O=C1C/C(=C\c2ccc(OCCOCc3ccccc3)cc2)C(=O)O1. The Hall–Kier alpha value is -2.92. The molecule has 3 rings (SSSR count). The summed E-state index contributed by atoms with van der Waals surface area (Å²) >= 11 is 0. The predicted molar refractivity (Wildman–Crippen MR) is 91.7 cm³/mol. The van der Waals surface area contributed by atoms with Crippen molar-refractivity contribution >= 4 is 18.0 Å². The molecule has 1 aliphatic heterocycles. The fourth-order valence-electron chi connectivity index (χ4n) is 2.39. The first-order valence-corrected chi connectivity index (χ1v) is 8.01. The second-order valence-corrected chi connectivity index (χ2v) is 5.56. The lowest BCUT2D eigenvalue weighted by Gasteiger charge is -2.07. The summed E-state index contributed by atoms with van der Waals surface area (Å²) in [5, 5.41) is 0. The maximum absolute atomic E-state index is 11.4. The zero-order valence-corrected chi connectivity index (χ0v) is 13.6. The van der Waals surface area contributed by atoms with Crippen LogP contribution in [-0.4, -0.2) is 25.2 Å². The normalized spacial score (nSPS) is 15.4. The van der Waals surface area contributed by atoms with Gasteiger partial charge in [-0.1, -0.05) is 42.5 Å². The molecule has 1 heterocycles. The summed E-state index contributed by atoms with van der Waals surface area (Å²) in [7, 11) is 0. The van der Waals surface area contributed by atoms with Crippen LogP contribution in [0.15, 0.2) is 60.2 Å². The van der Waals surface area contributed by atoms with E-state index >= 15 is 0 Å². The van der Waals surface area contributed by atoms with E-state index in [4.69, 9.17) is 9.47 Å². The van der Waals surface area contributed by atoms with Gasteiger partial charge in [-0.05, 0) is 29.3 Å². The van der Waals surface area contributed by atoms with Crippen molar-refractivity contribution in [3.63, 3.8) is 0 Å². The van der Waals surface area contributed by atoms with Crippen LogP contribution in [0.1, 0.15) is 17.5 Å². The van der Waals surface area contributed by atoms with E-state index in [1.54, 1.807) is 6.08 Å². The molecule has 2 aromatic rings. The number of rotatable bonds is 7. The number of benzene rings is 2. The summed E-state index contributed by atoms with van der Waals surface area (Å²) < 4.78 is 15.7. The molecule has 0 saturated carbocycles. The van der Waals surface area contributed by atoms with E-state index in [1.165, 1.54) is 0 Å². The van der Waals surface area contributed by atoms with Gasteiger partial charge in [-0.25, -0.2) is 4.79 Å². The lowest BCUT2D eigenvalue weighted by molar-refractivity contribution is -0.151. The molecule has 1 fully saturated rings. The smallest absolute Gasteiger partial charge is 0.342 e. The average molecular weight is 338 g/mol. The molecule has 1 saturated heterocycles. The van der Waals surface area contributed by atoms with Crippen molar-refractivity contribution in [2.75, 3.05) is 13.2 Å². The highest BCUT2D eigenvalue weighted by Crippen LogP contribution is 2.20. The molecule has 25 heavy (non-hydrogen) atoms. The first-order chi connectivity index (χ1) is 12.2. The van der Waals surface area contributed by atoms with E-state index in [0.29, 0.717) is 25.4 Å². The Balaban J connectivity index is 1.43. The van der Waals surface area contributed by atoms with Gasteiger partial charge in [0.05, 0.1) is 19.6 Å². The van der Waals surface area contributed by atoms with Crippen LogP contribution < -0.4 is 4.74 Å². The molecule has 0 atom stereocenters. The van der Waals surface area contributed by atoms with E-state index < -0.39 is 11.9 Å². The van der Waals surface area contributed by atoms with E-state index in [2.05, 4.69) is 4.74 Å². The highest BCUT2D eigenvalue weighted by molar-refractivity contribution is 6.08. The Labute approximate surface area is 145 Å². The van der Waals surface area contributed by atoms with Gasteiger partial charge in [0, 0.05) is 5.57 Å². The van der Waals surface area contributed by atoms with E-state index in [-0.39, 0.29) is 6.42 Å². The van der Waals surface area contributed by atoms with E-state index in [9.17, 15) is 9.59 Å². The van der Waals surface area contributed by atoms with Gasteiger partial charge in [-0.3, -0.25) is 4.79 Å². The topological polar surface area (TPSA) is 61.8 Å². The summed E-state index contributed by atoms with van der Waals surface area (Å²) in [6.45, 7) is 1.51. The lowest BCUT2D eigenvalue weighted by Crippen LogP contribution is -2.06. The summed E-state index contributed by atoms with van der Waals surface area (Å²) in [5.41, 5.74) is 2.31. The van der Waals surface area contributed by atoms with Gasteiger partial charge >= 0.3 is 11.9 Å². The quantitative estimate of drug-likeness (QED) is 0.336. The molecule has 2 aromatic carbocycles. The largest absolute Gasteiger partial charge is 0.491 e. The second-order valence-electron chi connectivity index (χ2n) is 5.56. The number of cyclic esters (lactones) is 2. The predicted octanol–water partition coefficient (Wildman–Crippen LogP) is 3.14. The molecular weight excluding hydrogens is 320 g/mol. The number of esters is 2. The minimum Gasteiger partial charge on any atom is -0.491 e. The maximum Gasteiger partial charge on any atom is 0.342 e. The van der Waals surface area contributed by atoms with Crippen molar-refractivity contribution in [2.45, 2.75) is 13.0 Å². The number of carbonyl (C=O) groups excluding carboxylic acids is 2. The molecule has 5 heteroatoms. The third-order valence-corrected chi connectivity index (χ3v) is 3.63. The number of ether oxygens (including phenoxy) is 3. The molecule has 0 spiro atoms. The first-order valence-electron chi connectivity index (χ1n) is 8.01. The first kappa shape index (κ1) is 16.9. The van der Waals surface area contributed by atoms with Crippen LogP contribution in [0.25, 0.3) is 6.08 Å². The third kappa shape index (κ3) is 5.02. The van der Waals surface area contributed by atoms with Crippen LogP contribution in [0.3, 0.4) is 0 Å². The molecule has 1 aliphatic rings. The van der Waals surface area contributed by atoms with Crippen LogP contribution in [0.5, 0.6) is 5.75 Å². The van der Waals surface area contributed by atoms with Crippen molar-refractivity contribution in [1.29, 1.82) is 0 Å². The zero-order chi connectivity index (χ0) is 17.5. The van der Waals surface area contributed by atoms with Gasteiger partial charge in [0.25, 0.3) is 0 Å². The molecular formula is C20H18O5. The molecule has 0 bridgehead atoms. The summed E-state index contributed by atoms with van der Waals surface area (Å²) in [4.78, 5) is 22.5. The Morgan fingerprint density at radius 1 is 0.960 bits per heavy atom. The zero-order valence-electron chi connectivity index (χ0n) is 13.6. The molecule has 0 unspecified atom stereocenters. The highest BCUT2D eigenvalue weighted by Gasteiger charge is 2.26. The Kier molecular flexibility index (Phi) is 5.59. The van der Waals surface area contributed by atoms with Gasteiger partial charge in [0.1, 0.15) is 12.4 Å². The van der Waals surface area contributed by atoms with Crippen molar-refractivity contribution < 1.29 is 23.8 Å². The maximum atomic E-state index is 11.4. The fourth-order valence-corrected chi connectivity index (χ4v) is 2.39. The average Bonchev–Trinajstić information content (AvgIpc) is 2.94. The highest BCUT2D eigenvalue weighted by atomic mass is 16.6. The van der Waals surface area contributed by atoms with E-state index in [1.807, 2.05) is 54.6 Å². The number of carbonyl (C=O) groups is 2. The lowest BCUT2D eigenvalue weighted by atomic mass is 10.1. The Bertz CT molecular complexity index is 762. The summed E-state index contributed by atoms with van der Waals surface area (Å²) in [6.07, 6.45) is 1.68. The summed E-state index contributed by atoms with van der Waals surface area (Å²) in [5.74, 6) is -0.358. The van der Waals surface area contributed by atoms with Crippen molar-refractivity contribution in [2.24, 2.45) is 0 Å². The monoisotopic (exact) mass is 338 g/mol. The van der Waals surface area contributed by atoms with Crippen molar-refractivity contribution in [1.82, 2.24) is 0 Å². The van der Waals surface area contributed by atoms with Gasteiger partial charge in [-0.2, -0.15) is 0 Å². The van der Waals surface area contributed by atoms with Crippen LogP contribution in [-0.2, 0) is 25.7 Å². The molecule has 0 N–H and O–H groups in total. The van der Waals surface area contributed by atoms with Gasteiger partial charge in [0.2, 0.25) is 0 Å². The second kappa shape index (κ2) is 8.26. The van der Waals surface area contributed by atoms with Crippen LogP contribution in [0.4, 0.5) is 0 Å². The van der Waals surface area contributed by atoms with Gasteiger partial charge < -0.3 is 14.2 Å². The molecule has 0 amide bonds. The summed E-state index contributed by atoms with van der Waals surface area (Å²) in [6, 6.07) is 17.2. The van der Waals surface area contributed by atoms with Crippen LogP contribution in [0.2, 0.25) is 0 Å². The number of hydrogen-bond donors (Lipinski definition) is 0. The third-order valence-electron chi connectivity index (χ3n) is 3.63. The standard InChI is InChI=1S/C20H18O5/c21-19-13-17(20(22)25-19)12-15-6-8-18(9-7-15)24-11-10-23-14-16-4-2-1-3-5-16/h1-9,12H,10-11,13-14H2/b17-12+. The minimum absolute atomic E-state index is 0.0236. The molecule has 5 nitrogen and oxygen atoms in total. The van der Waals surface area contributed by atoms with Crippen molar-refractivity contribution in [3.05, 3.63) is 71.3 Å². The number of hydrogen-bond acceptors (Lipinski definition) is 5. The Morgan fingerprint density at radius 3 is 2.40 bits per heavy atom. The Morgan fingerprint density at radius 2 is 1.72 bits per heavy atom. The molecule has 0 aliphatic carbocycles. The minimum atomic E-state index is -0.569. The van der Waals surface area contributed by atoms with Gasteiger partial charge in [0.15, 0.2) is 0 Å². The van der Waals surface area contributed by atoms with Crippen LogP contribution >= 0.6 is 0 Å². The fraction of sp³-hybridized carbons (Fsp3) is 0.200. The van der Waals surface area contributed by atoms with Crippen LogP contribution in [0, 0.1) is 0 Å². The van der Waals surface area contributed by atoms with Crippen molar-refractivity contribution in [3.8, 4) is 5.75 Å². The van der Waals surface area contributed by atoms with E-state index in [0.717, 1.165) is 16.9 Å². The van der Waals surface area contributed by atoms with Gasteiger partial charge in [-0.15, -0.1) is 0 Å². The molecule has 128 valence electrons. The molecule has 0 radical (unpaired) electrons. The molecule has 0 aromatic heterocycles.